The van der Waals surface area contributed by atoms with Crippen LogP contribution < -0.4 is 0 Å². The Bertz CT molecular complexity index is 338. The lowest BCUT2D eigenvalue weighted by atomic mass is 10.2. The molecule has 1 N–H and O–H groups in total. The fourth-order valence-corrected chi connectivity index (χ4v) is 0.812. The van der Waals surface area contributed by atoms with Crippen LogP contribution in [0.4, 0.5) is 4.39 Å². The maximum atomic E-state index is 12.9. The fraction of sp³-hybridized carbons (Fsp3) is 0.111. The number of alkyl halides is 1. The molecule has 0 radical (unpaired) electrons. The van der Waals surface area contributed by atoms with E-state index in [1.54, 1.807) is 0 Å². The first-order valence-corrected chi connectivity index (χ1v) is 3.81. The molecule has 0 aliphatic heterocycles. The molecule has 62 valence electrons. The molecule has 0 aliphatic rings. The van der Waals surface area contributed by atoms with Crippen molar-refractivity contribution in [1.29, 1.82) is 0 Å². The molecule has 0 saturated carbocycles. The van der Waals surface area contributed by atoms with Gasteiger partial charge in [0.05, 0.1) is 11.4 Å². The molecule has 0 aliphatic carbocycles. The third-order valence-corrected chi connectivity index (χ3v) is 1.40. The van der Waals surface area contributed by atoms with Crippen LogP contribution in [0.1, 0.15) is 5.56 Å². The molecule has 0 bridgehead atoms. The van der Waals surface area contributed by atoms with Crippen molar-refractivity contribution in [3.05, 3.63) is 29.6 Å². The zero-order valence-corrected chi connectivity index (χ0v) is 6.90. The van der Waals surface area contributed by atoms with E-state index < -0.39 is 11.6 Å². The highest BCUT2D eigenvalue weighted by Crippen LogP contribution is 2.17. The van der Waals surface area contributed by atoms with Crippen LogP contribution in [0, 0.1) is 17.7 Å². The molecule has 0 fully saturated rings. The standard InChI is InChI=1S/C9H6ClFO/c10-6-2-4-7-3-1-5-8(12)9(7)11/h1,3,5,12H,6H2. The van der Waals surface area contributed by atoms with Gasteiger partial charge in [-0.2, -0.15) is 0 Å². The third kappa shape index (κ3) is 1.90. The van der Waals surface area contributed by atoms with Crippen molar-refractivity contribution in [2.45, 2.75) is 0 Å². The SMILES string of the molecule is Oc1cccc(C#CCCl)c1F. The summed E-state index contributed by atoms with van der Waals surface area (Å²) in [6.07, 6.45) is 0. The Morgan fingerprint density at radius 2 is 2.25 bits per heavy atom. The summed E-state index contributed by atoms with van der Waals surface area (Å²) in [5, 5.41) is 8.92. The van der Waals surface area contributed by atoms with E-state index in [9.17, 15) is 4.39 Å². The highest BCUT2D eigenvalue weighted by atomic mass is 35.5. The molecule has 1 nitrogen and oxygen atoms in total. The minimum absolute atomic E-state index is 0.148. The quantitative estimate of drug-likeness (QED) is 0.484. The van der Waals surface area contributed by atoms with E-state index in [2.05, 4.69) is 11.8 Å². The molecule has 1 aromatic rings. The first-order valence-electron chi connectivity index (χ1n) is 3.28. The summed E-state index contributed by atoms with van der Waals surface area (Å²) >= 11 is 5.28. The van der Waals surface area contributed by atoms with Gasteiger partial charge in [-0.05, 0) is 12.1 Å². The first-order chi connectivity index (χ1) is 5.75. The highest BCUT2D eigenvalue weighted by molar-refractivity contribution is 6.19. The number of benzene rings is 1. The van der Waals surface area contributed by atoms with Crippen LogP contribution >= 0.6 is 11.6 Å². The summed E-state index contributed by atoms with van der Waals surface area (Å²) in [6, 6.07) is 4.27. The molecule has 0 atom stereocenters. The van der Waals surface area contributed by atoms with Gasteiger partial charge in [0.25, 0.3) is 0 Å². The van der Waals surface area contributed by atoms with Crippen LogP contribution in [-0.2, 0) is 0 Å². The van der Waals surface area contributed by atoms with Gasteiger partial charge in [0, 0.05) is 0 Å². The Morgan fingerprint density at radius 1 is 1.50 bits per heavy atom. The molecule has 0 aromatic heterocycles. The number of rotatable bonds is 0. The summed E-state index contributed by atoms with van der Waals surface area (Å²) in [5.41, 5.74) is 0.163. The summed E-state index contributed by atoms with van der Waals surface area (Å²) in [4.78, 5) is 0. The van der Waals surface area contributed by atoms with Crippen LogP contribution in [-0.4, -0.2) is 11.0 Å². The second-order valence-corrected chi connectivity index (χ2v) is 2.34. The van der Waals surface area contributed by atoms with E-state index in [1.807, 2.05) is 0 Å². The number of phenols is 1. The van der Waals surface area contributed by atoms with Gasteiger partial charge in [0.2, 0.25) is 0 Å². The van der Waals surface area contributed by atoms with Crippen LogP contribution in [0.15, 0.2) is 18.2 Å². The zero-order chi connectivity index (χ0) is 8.97. The summed E-state index contributed by atoms with van der Waals surface area (Å²) in [7, 11) is 0. The second-order valence-electron chi connectivity index (χ2n) is 2.07. The number of halogens is 2. The minimum Gasteiger partial charge on any atom is -0.505 e. The smallest absolute Gasteiger partial charge is 0.180 e. The lowest BCUT2D eigenvalue weighted by molar-refractivity contribution is 0.431. The van der Waals surface area contributed by atoms with Gasteiger partial charge in [-0.1, -0.05) is 17.9 Å². The van der Waals surface area contributed by atoms with Crippen LogP contribution in [0.5, 0.6) is 5.75 Å². The van der Waals surface area contributed by atoms with E-state index in [4.69, 9.17) is 16.7 Å². The number of hydrogen-bond donors (Lipinski definition) is 1. The van der Waals surface area contributed by atoms with Gasteiger partial charge in [0.1, 0.15) is 0 Å². The predicted molar refractivity (Wildman–Crippen MR) is 45.7 cm³/mol. The molecule has 0 spiro atoms. The van der Waals surface area contributed by atoms with Gasteiger partial charge in [0.15, 0.2) is 11.6 Å². The normalized spacial score (nSPS) is 8.83. The number of aromatic hydroxyl groups is 1. The van der Waals surface area contributed by atoms with Crippen LogP contribution in [0.3, 0.4) is 0 Å². The Balaban J connectivity index is 3.08. The molecule has 3 heteroatoms. The van der Waals surface area contributed by atoms with Crippen molar-refractivity contribution >= 4 is 11.6 Å². The topological polar surface area (TPSA) is 20.2 Å². The zero-order valence-electron chi connectivity index (χ0n) is 6.14. The molecule has 0 amide bonds. The molecule has 0 unspecified atom stereocenters. The Hall–Kier alpha value is -1.20. The molecule has 1 aromatic carbocycles. The highest BCUT2D eigenvalue weighted by Gasteiger charge is 2.02. The largest absolute Gasteiger partial charge is 0.505 e. The van der Waals surface area contributed by atoms with Crippen molar-refractivity contribution in [3.63, 3.8) is 0 Å². The summed E-state index contributed by atoms with van der Waals surface area (Å²) in [6.45, 7) is 0. The monoisotopic (exact) mass is 184 g/mol. The first kappa shape index (κ1) is 8.89. The van der Waals surface area contributed by atoms with E-state index in [-0.39, 0.29) is 11.4 Å². The lowest BCUT2D eigenvalue weighted by Gasteiger charge is -1.95. The van der Waals surface area contributed by atoms with E-state index in [1.165, 1.54) is 18.2 Å². The lowest BCUT2D eigenvalue weighted by Crippen LogP contribution is -1.83. The average molecular weight is 185 g/mol. The minimum atomic E-state index is -0.699. The molecule has 1 rings (SSSR count). The second kappa shape index (κ2) is 3.99. The Morgan fingerprint density at radius 3 is 2.92 bits per heavy atom. The van der Waals surface area contributed by atoms with Gasteiger partial charge >= 0.3 is 0 Å². The number of phenolic OH excluding ortho intramolecular Hbond substituents is 1. The van der Waals surface area contributed by atoms with Gasteiger partial charge in [-0.3, -0.25) is 0 Å². The third-order valence-electron chi connectivity index (χ3n) is 1.27. The Labute approximate surface area is 74.8 Å². The molecular weight excluding hydrogens is 179 g/mol. The van der Waals surface area contributed by atoms with Crippen molar-refractivity contribution in [1.82, 2.24) is 0 Å². The van der Waals surface area contributed by atoms with Crippen molar-refractivity contribution < 1.29 is 9.50 Å². The van der Waals surface area contributed by atoms with E-state index in [0.717, 1.165) is 0 Å². The van der Waals surface area contributed by atoms with Gasteiger partial charge in [-0.15, -0.1) is 11.6 Å². The van der Waals surface area contributed by atoms with Crippen LogP contribution in [0.2, 0.25) is 0 Å². The van der Waals surface area contributed by atoms with Gasteiger partial charge < -0.3 is 5.11 Å². The summed E-state index contributed by atoms with van der Waals surface area (Å²) < 4.78 is 12.9. The van der Waals surface area contributed by atoms with Crippen molar-refractivity contribution in [2.75, 3.05) is 5.88 Å². The van der Waals surface area contributed by atoms with Gasteiger partial charge in [-0.25, -0.2) is 4.39 Å². The summed E-state index contributed by atoms with van der Waals surface area (Å²) in [5.74, 6) is 4.04. The fourth-order valence-electron chi connectivity index (χ4n) is 0.745. The molecule has 0 saturated heterocycles. The Kier molecular flexibility index (Phi) is 2.95. The molecular formula is C9H6ClFO. The average Bonchev–Trinajstić information content (AvgIpc) is 2.08. The molecule has 0 heterocycles. The molecule has 12 heavy (non-hydrogen) atoms. The maximum absolute atomic E-state index is 12.9. The van der Waals surface area contributed by atoms with E-state index >= 15 is 0 Å². The van der Waals surface area contributed by atoms with Crippen molar-refractivity contribution in [3.8, 4) is 17.6 Å². The predicted octanol–water partition coefficient (Wildman–Crippen LogP) is 2.12. The maximum Gasteiger partial charge on any atom is 0.180 e. The van der Waals surface area contributed by atoms with Crippen molar-refractivity contribution in [2.24, 2.45) is 0 Å². The van der Waals surface area contributed by atoms with E-state index in [0.29, 0.717) is 0 Å². The number of hydrogen-bond acceptors (Lipinski definition) is 1. The van der Waals surface area contributed by atoms with Crippen LogP contribution in [0.25, 0.3) is 0 Å².